The van der Waals surface area contributed by atoms with Gasteiger partial charge in [-0.1, -0.05) is 70.2 Å². The lowest BCUT2D eigenvalue weighted by Gasteiger charge is -2.17. The molecule has 0 spiro atoms. The van der Waals surface area contributed by atoms with E-state index < -0.39 is 0 Å². The van der Waals surface area contributed by atoms with Crippen LogP contribution in [0.25, 0.3) is 6.08 Å². The first kappa shape index (κ1) is 19.4. The third-order valence-corrected chi connectivity index (χ3v) is 5.32. The molecule has 140 valence electrons. The number of aliphatic imine (C=N–C) groups is 1. The Balaban J connectivity index is 1.90. The summed E-state index contributed by atoms with van der Waals surface area (Å²) in [4.78, 5) is 20.2. The number of amides is 1. The summed E-state index contributed by atoms with van der Waals surface area (Å²) in [7, 11) is 0. The highest BCUT2D eigenvalue weighted by atomic mass is 32.2. The van der Waals surface area contributed by atoms with Crippen molar-refractivity contribution in [1.82, 2.24) is 4.90 Å². The standard InChI is InChI=1S/C23H26N2OS/c1-16(2)15-25-22(26)21(14-18-10-12-19(13-11-18)17(3)4)27-23(25)24-20-8-6-5-7-9-20/h5-14,16-17H,15H2,1-4H3/b21-14-,24-23?. The van der Waals surface area contributed by atoms with Crippen LogP contribution in [0.5, 0.6) is 0 Å². The molecule has 1 saturated heterocycles. The molecule has 1 fully saturated rings. The van der Waals surface area contributed by atoms with Crippen LogP contribution in [0.15, 0.2) is 64.5 Å². The molecule has 0 aliphatic carbocycles. The molecule has 1 heterocycles. The molecule has 1 aliphatic rings. The third-order valence-electron chi connectivity index (χ3n) is 4.32. The third kappa shape index (κ3) is 4.89. The quantitative estimate of drug-likeness (QED) is 0.592. The minimum Gasteiger partial charge on any atom is -0.286 e. The fourth-order valence-corrected chi connectivity index (χ4v) is 3.87. The van der Waals surface area contributed by atoms with Gasteiger partial charge in [-0.15, -0.1) is 0 Å². The van der Waals surface area contributed by atoms with Crippen LogP contribution in [0.2, 0.25) is 0 Å². The number of hydrogen-bond acceptors (Lipinski definition) is 3. The number of nitrogens with zero attached hydrogens (tertiary/aromatic N) is 2. The van der Waals surface area contributed by atoms with Crippen LogP contribution in [-0.4, -0.2) is 22.5 Å². The first-order chi connectivity index (χ1) is 12.9. The second kappa shape index (κ2) is 8.57. The minimum atomic E-state index is 0.0383. The normalized spacial score (nSPS) is 17.7. The van der Waals surface area contributed by atoms with Crippen molar-refractivity contribution in [2.45, 2.75) is 33.6 Å². The molecule has 0 unspecified atom stereocenters. The zero-order chi connectivity index (χ0) is 19.4. The van der Waals surface area contributed by atoms with Crippen molar-refractivity contribution in [3.8, 4) is 0 Å². The van der Waals surface area contributed by atoms with E-state index in [1.54, 1.807) is 4.90 Å². The van der Waals surface area contributed by atoms with Crippen LogP contribution in [-0.2, 0) is 4.79 Å². The minimum absolute atomic E-state index is 0.0383. The van der Waals surface area contributed by atoms with Gasteiger partial charge in [0.15, 0.2) is 5.17 Å². The summed E-state index contributed by atoms with van der Waals surface area (Å²) in [6, 6.07) is 18.2. The fraction of sp³-hybridized carbons (Fsp3) is 0.304. The van der Waals surface area contributed by atoms with Crippen LogP contribution in [0, 0.1) is 5.92 Å². The summed E-state index contributed by atoms with van der Waals surface area (Å²) in [5.74, 6) is 0.914. The molecule has 3 nitrogen and oxygen atoms in total. The van der Waals surface area contributed by atoms with Gasteiger partial charge in [0, 0.05) is 6.54 Å². The van der Waals surface area contributed by atoms with Crippen LogP contribution in [0.3, 0.4) is 0 Å². The van der Waals surface area contributed by atoms with Crippen molar-refractivity contribution in [1.29, 1.82) is 0 Å². The number of hydrogen-bond donors (Lipinski definition) is 0. The van der Waals surface area contributed by atoms with Crippen molar-refractivity contribution < 1.29 is 4.79 Å². The number of benzene rings is 2. The van der Waals surface area contributed by atoms with E-state index in [0.717, 1.165) is 21.3 Å². The molecule has 0 N–H and O–H groups in total. The van der Waals surface area contributed by atoms with Gasteiger partial charge < -0.3 is 0 Å². The smallest absolute Gasteiger partial charge is 0.266 e. The molecule has 0 radical (unpaired) electrons. The van der Waals surface area contributed by atoms with Crippen LogP contribution in [0.4, 0.5) is 5.69 Å². The zero-order valence-corrected chi connectivity index (χ0v) is 17.2. The van der Waals surface area contributed by atoms with E-state index in [0.29, 0.717) is 18.4 Å². The van der Waals surface area contributed by atoms with E-state index >= 15 is 0 Å². The Morgan fingerprint density at radius 2 is 1.67 bits per heavy atom. The Morgan fingerprint density at radius 1 is 1.00 bits per heavy atom. The Kier molecular flexibility index (Phi) is 6.17. The van der Waals surface area contributed by atoms with Gasteiger partial charge in [-0.05, 0) is 52.9 Å². The van der Waals surface area contributed by atoms with Crippen molar-refractivity contribution >= 4 is 34.6 Å². The highest BCUT2D eigenvalue weighted by Gasteiger charge is 2.33. The molecule has 1 aliphatic heterocycles. The molecule has 4 heteroatoms. The van der Waals surface area contributed by atoms with E-state index in [1.165, 1.54) is 17.3 Å². The van der Waals surface area contributed by atoms with Crippen molar-refractivity contribution in [2.75, 3.05) is 6.54 Å². The molecule has 1 amide bonds. The van der Waals surface area contributed by atoms with Crippen LogP contribution in [0.1, 0.15) is 44.7 Å². The lowest BCUT2D eigenvalue weighted by atomic mass is 10.0. The van der Waals surface area contributed by atoms with Gasteiger partial charge in [0.2, 0.25) is 0 Å². The molecule has 2 aromatic carbocycles. The largest absolute Gasteiger partial charge is 0.286 e. The lowest BCUT2D eigenvalue weighted by Crippen LogP contribution is -2.32. The average molecular weight is 379 g/mol. The number of carbonyl (C=O) groups excluding carboxylic acids is 1. The van der Waals surface area contributed by atoms with Crippen LogP contribution < -0.4 is 0 Å². The second-order valence-corrected chi connectivity index (χ2v) is 8.48. The number of amidine groups is 1. The predicted octanol–water partition coefficient (Wildman–Crippen LogP) is 6.07. The maximum Gasteiger partial charge on any atom is 0.266 e. The van der Waals surface area contributed by atoms with Crippen molar-refractivity contribution in [3.63, 3.8) is 0 Å². The second-order valence-electron chi connectivity index (χ2n) is 7.47. The highest BCUT2D eigenvalue weighted by molar-refractivity contribution is 8.18. The van der Waals surface area contributed by atoms with E-state index in [-0.39, 0.29) is 5.91 Å². The number of para-hydroxylation sites is 1. The van der Waals surface area contributed by atoms with Gasteiger partial charge in [-0.3, -0.25) is 9.69 Å². The van der Waals surface area contributed by atoms with Gasteiger partial charge in [0.25, 0.3) is 5.91 Å². The van der Waals surface area contributed by atoms with E-state index in [2.05, 4.69) is 52.0 Å². The summed E-state index contributed by atoms with van der Waals surface area (Å²) < 4.78 is 0. The van der Waals surface area contributed by atoms with E-state index in [4.69, 9.17) is 4.99 Å². The number of carbonyl (C=O) groups is 1. The first-order valence-electron chi connectivity index (χ1n) is 9.39. The highest BCUT2D eigenvalue weighted by Crippen LogP contribution is 2.34. The number of rotatable bonds is 5. The maximum absolute atomic E-state index is 13.0. The van der Waals surface area contributed by atoms with Crippen LogP contribution >= 0.6 is 11.8 Å². The summed E-state index contributed by atoms with van der Waals surface area (Å²) in [6.45, 7) is 9.26. The topological polar surface area (TPSA) is 32.7 Å². The van der Waals surface area contributed by atoms with Gasteiger partial charge in [-0.2, -0.15) is 0 Å². The summed E-state index contributed by atoms with van der Waals surface area (Å²) in [5, 5.41) is 0.755. The number of thioether (sulfide) groups is 1. The zero-order valence-electron chi connectivity index (χ0n) is 16.3. The fourth-order valence-electron chi connectivity index (χ4n) is 2.86. The van der Waals surface area contributed by atoms with E-state index in [1.807, 2.05) is 36.4 Å². The Labute approximate surface area is 166 Å². The molecule has 0 aromatic heterocycles. The van der Waals surface area contributed by atoms with Gasteiger partial charge in [0.1, 0.15) is 0 Å². The van der Waals surface area contributed by atoms with Gasteiger partial charge >= 0.3 is 0 Å². The lowest BCUT2D eigenvalue weighted by molar-refractivity contribution is -0.122. The molecule has 27 heavy (non-hydrogen) atoms. The van der Waals surface area contributed by atoms with Gasteiger partial charge in [-0.25, -0.2) is 4.99 Å². The summed E-state index contributed by atoms with van der Waals surface area (Å²) in [6.07, 6.45) is 1.97. The first-order valence-corrected chi connectivity index (χ1v) is 10.2. The Hall–Kier alpha value is -2.33. The SMILES string of the molecule is CC(C)CN1C(=O)/C(=C/c2ccc(C(C)C)cc2)SC1=Nc1ccccc1. The Bertz CT molecular complexity index is 852. The Morgan fingerprint density at radius 3 is 2.26 bits per heavy atom. The molecule has 0 atom stereocenters. The summed E-state index contributed by atoms with van der Waals surface area (Å²) in [5.41, 5.74) is 3.21. The molecular formula is C23H26N2OS. The maximum atomic E-state index is 13.0. The van der Waals surface area contributed by atoms with Crippen molar-refractivity contribution in [2.24, 2.45) is 10.9 Å². The molecular weight excluding hydrogens is 352 g/mol. The monoisotopic (exact) mass is 378 g/mol. The molecule has 0 bridgehead atoms. The van der Waals surface area contributed by atoms with E-state index in [9.17, 15) is 4.79 Å². The molecule has 2 aromatic rings. The van der Waals surface area contributed by atoms with Crippen molar-refractivity contribution in [3.05, 3.63) is 70.6 Å². The molecule has 0 saturated carbocycles. The van der Waals surface area contributed by atoms with Gasteiger partial charge in [0.05, 0.1) is 10.6 Å². The predicted molar refractivity (Wildman–Crippen MR) is 116 cm³/mol. The molecule has 3 rings (SSSR count). The average Bonchev–Trinajstić information content (AvgIpc) is 2.91. The summed E-state index contributed by atoms with van der Waals surface area (Å²) >= 11 is 1.46.